The number of anilines is 1. The fourth-order valence-corrected chi connectivity index (χ4v) is 4.99. The first-order chi connectivity index (χ1) is 14.6. The largest absolute Gasteiger partial charge is 0.496 e. The van der Waals surface area contributed by atoms with Crippen LogP contribution in [0.1, 0.15) is 38.2 Å². The highest BCUT2D eigenvalue weighted by Crippen LogP contribution is 2.44. The van der Waals surface area contributed by atoms with Crippen LogP contribution in [0.3, 0.4) is 0 Å². The minimum absolute atomic E-state index is 0.0538. The SMILES string of the molecule is COc1ccccc1[C@H](c1c(NC(=O)c2ccco2)sc(C)c1C)N1CCOCC1. The lowest BCUT2D eigenvalue weighted by atomic mass is 9.93. The highest BCUT2D eigenvalue weighted by atomic mass is 32.1. The summed E-state index contributed by atoms with van der Waals surface area (Å²) in [6.45, 7) is 7.19. The van der Waals surface area contributed by atoms with Crippen LogP contribution in [-0.2, 0) is 4.74 Å². The second-order valence-corrected chi connectivity index (χ2v) is 8.48. The van der Waals surface area contributed by atoms with E-state index >= 15 is 0 Å². The zero-order chi connectivity index (χ0) is 21.1. The maximum absolute atomic E-state index is 12.7. The van der Waals surface area contributed by atoms with Crippen molar-refractivity contribution >= 4 is 22.2 Å². The number of carbonyl (C=O) groups is 1. The van der Waals surface area contributed by atoms with Gasteiger partial charge in [0.15, 0.2) is 5.76 Å². The Morgan fingerprint density at radius 3 is 2.63 bits per heavy atom. The van der Waals surface area contributed by atoms with Crippen molar-refractivity contribution in [3.8, 4) is 5.75 Å². The fourth-order valence-electron chi connectivity index (χ4n) is 3.90. The van der Waals surface area contributed by atoms with E-state index in [4.69, 9.17) is 13.9 Å². The van der Waals surface area contributed by atoms with Gasteiger partial charge in [0.25, 0.3) is 5.91 Å². The van der Waals surface area contributed by atoms with E-state index in [1.165, 1.54) is 16.7 Å². The van der Waals surface area contributed by atoms with Gasteiger partial charge in [-0.3, -0.25) is 9.69 Å². The third kappa shape index (κ3) is 4.01. The molecule has 1 aliphatic heterocycles. The molecule has 1 atom stereocenters. The highest BCUT2D eigenvalue weighted by Gasteiger charge is 2.32. The van der Waals surface area contributed by atoms with Gasteiger partial charge in [0, 0.05) is 29.1 Å². The van der Waals surface area contributed by atoms with E-state index < -0.39 is 0 Å². The molecule has 0 radical (unpaired) electrons. The van der Waals surface area contributed by atoms with Crippen molar-refractivity contribution in [3.63, 3.8) is 0 Å². The zero-order valence-corrected chi connectivity index (χ0v) is 18.3. The van der Waals surface area contributed by atoms with Gasteiger partial charge in [0.2, 0.25) is 0 Å². The summed E-state index contributed by atoms with van der Waals surface area (Å²) < 4.78 is 16.6. The van der Waals surface area contributed by atoms with Crippen molar-refractivity contribution in [1.29, 1.82) is 0 Å². The third-order valence-corrected chi connectivity index (χ3v) is 6.66. The fraction of sp³-hybridized carbons (Fsp3) is 0.348. The van der Waals surface area contributed by atoms with E-state index in [0.717, 1.165) is 35.0 Å². The molecule has 6 nitrogen and oxygen atoms in total. The van der Waals surface area contributed by atoms with Crippen LogP contribution >= 0.6 is 11.3 Å². The Labute approximate surface area is 180 Å². The van der Waals surface area contributed by atoms with Gasteiger partial charge in [0.1, 0.15) is 10.8 Å². The monoisotopic (exact) mass is 426 g/mol. The minimum atomic E-state index is -0.247. The van der Waals surface area contributed by atoms with Crippen LogP contribution in [0.2, 0.25) is 0 Å². The Kier molecular flexibility index (Phi) is 6.22. The number of hydrogen-bond acceptors (Lipinski definition) is 6. The quantitative estimate of drug-likeness (QED) is 0.622. The van der Waals surface area contributed by atoms with Crippen LogP contribution in [0.5, 0.6) is 5.75 Å². The number of amides is 1. The summed E-state index contributed by atoms with van der Waals surface area (Å²) in [5, 5.41) is 3.93. The number of para-hydroxylation sites is 1. The number of benzene rings is 1. The number of hydrogen-bond donors (Lipinski definition) is 1. The molecular weight excluding hydrogens is 400 g/mol. The predicted octanol–water partition coefficient (Wildman–Crippen LogP) is 4.64. The molecule has 0 saturated carbocycles. The Morgan fingerprint density at radius 2 is 1.93 bits per heavy atom. The maximum atomic E-state index is 12.7. The third-order valence-electron chi connectivity index (χ3n) is 5.52. The molecular formula is C23H26N2O4S. The Morgan fingerprint density at radius 1 is 1.17 bits per heavy atom. The van der Waals surface area contributed by atoms with Crippen LogP contribution in [0.25, 0.3) is 0 Å². The Hall–Kier alpha value is -2.61. The van der Waals surface area contributed by atoms with E-state index in [9.17, 15) is 4.79 Å². The van der Waals surface area contributed by atoms with Crippen molar-refractivity contribution in [2.24, 2.45) is 0 Å². The number of carbonyl (C=O) groups excluding carboxylic acids is 1. The van der Waals surface area contributed by atoms with Crippen molar-refractivity contribution in [2.45, 2.75) is 19.9 Å². The lowest BCUT2D eigenvalue weighted by Crippen LogP contribution is -2.40. The summed E-state index contributed by atoms with van der Waals surface area (Å²) in [6.07, 6.45) is 1.51. The summed E-state index contributed by atoms with van der Waals surface area (Å²) in [4.78, 5) is 16.3. The number of thiophene rings is 1. The molecule has 0 aliphatic carbocycles. The van der Waals surface area contributed by atoms with Gasteiger partial charge in [-0.15, -0.1) is 11.3 Å². The molecule has 3 heterocycles. The van der Waals surface area contributed by atoms with Gasteiger partial charge >= 0.3 is 0 Å². The number of ether oxygens (including phenoxy) is 2. The number of methoxy groups -OCH3 is 1. The molecule has 1 aliphatic rings. The van der Waals surface area contributed by atoms with Gasteiger partial charge in [-0.05, 0) is 37.6 Å². The van der Waals surface area contributed by atoms with Crippen LogP contribution in [0.15, 0.2) is 47.1 Å². The van der Waals surface area contributed by atoms with Gasteiger partial charge < -0.3 is 19.2 Å². The van der Waals surface area contributed by atoms with E-state index in [1.807, 2.05) is 18.2 Å². The molecule has 1 fully saturated rings. The molecule has 1 amide bonds. The molecule has 4 rings (SSSR count). The minimum Gasteiger partial charge on any atom is -0.496 e. The van der Waals surface area contributed by atoms with Crippen LogP contribution in [0, 0.1) is 13.8 Å². The average Bonchev–Trinajstić information content (AvgIpc) is 3.40. The zero-order valence-electron chi connectivity index (χ0n) is 17.4. The van der Waals surface area contributed by atoms with E-state index in [1.54, 1.807) is 30.6 Å². The van der Waals surface area contributed by atoms with Gasteiger partial charge in [-0.1, -0.05) is 18.2 Å². The first kappa shape index (κ1) is 20.7. The average molecular weight is 427 g/mol. The molecule has 1 N–H and O–H groups in total. The molecule has 0 spiro atoms. The van der Waals surface area contributed by atoms with E-state index in [-0.39, 0.29) is 11.9 Å². The number of aryl methyl sites for hydroxylation is 1. The molecule has 0 unspecified atom stereocenters. The molecule has 1 aromatic carbocycles. The smallest absolute Gasteiger partial charge is 0.291 e. The Balaban J connectivity index is 1.81. The van der Waals surface area contributed by atoms with E-state index in [0.29, 0.717) is 19.0 Å². The summed E-state index contributed by atoms with van der Waals surface area (Å²) in [5.41, 5.74) is 3.36. The summed E-state index contributed by atoms with van der Waals surface area (Å²) in [5.74, 6) is 0.883. The molecule has 1 saturated heterocycles. The lowest BCUT2D eigenvalue weighted by molar-refractivity contribution is 0.0236. The molecule has 0 bridgehead atoms. The number of furan rings is 1. The second-order valence-electron chi connectivity index (χ2n) is 7.25. The van der Waals surface area contributed by atoms with Crippen LogP contribution < -0.4 is 10.1 Å². The summed E-state index contributed by atoms with van der Waals surface area (Å²) in [6, 6.07) is 11.4. The topological polar surface area (TPSA) is 63.9 Å². The van der Waals surface area contributed by atoms with Crippen molar-refractivity contribution in [2.75, 3.05) is 38.7 Å². The van der Waals surface area contributed by atoms with Gasteiger partial charge in [0.05, 0.1) is 32.6 Å². The lowest BCUT2D eigenvalue weighted by Gasteiger charge is -2.36. The van der Waals surface area contributed by atoms with Crippen molar-refractivity contribution < 1.29 is 18.7 Å². The van der Waals surface area contributed by atoms with Crippen molar-refractivity contribution in [1.82, 2.24) is 4.90 Å². The Bertz CT molecular complexity index is 1010. The molecule has 2 aromatic heterocycles. The van der Waals surface area contributed by atoms with Crippen LogP contribution in [-0.4, -0.2) is 44.2 Å². The number of rotatable bonds is 6. The molecule has 7 heteroatoms. The molecule has 158 valence electrons. The van der Waals surface area contributed by atoms with Crippen LogP contribution in [0.4, 0.5) is 5.00 Å². The first-order valence-electron chi connectivity index (χ1n) is 9.99. The first-order valence-corrected chi connectivity index (χ1v) is 10.8. The summed E-state index contributed by atoms with van der Waals surface area (Å²) in [7, 11) is 1.69. The normalized spacial score (nSPS) is 15.7. The molecule has 30 heavy (non-hydrogen) atoms. The number of nitrogens with zero attached hydrogens (tertiary/aromatic N) is 1. The highest BCUT2D eigenvalue weighted by molar-refractivity contribution is 7.16. The predicted molar refractivity (Wildman–Crippen MR) is 118 cm³/mol. The maximum Gasteiger partial charge on any atom is 0.291 e. The van der Waals surface area contributed by atoms with Gasteiger partial charge in [-0.25, -0.2) is 0 Å². The standard InChI is InChI=1S/C23H26N2O4S/c1-15-16(2)30-23(24-22(26)19-9-6-12-29-19)20(15)21(25-10-13-28-14-11-25)17-7-4-5-8-18(17)27-3/h4-9,12,21H,10-11,13-14H2,1-3H3,(H,24,26)/t21-/m1/s1. The summed E-state index contributed by atoms with van der Waals surface area (Å²) >= 11 is 1.59. The number of morpholine rings is 1. The molecule has 3 aromatic rings. The van der Waals surface area contributed by atoms with E-state index in [2.05, 4.69) is 30.1 Å². The van der Waals surface area contributed by atoms with Crippen molar-refractivity contribution in [3.05, 3.63) is 70.0 Å². The second kappa shape index (κ2) is 9.04. The number of nitrogens with one attached hydrogen (secondary N) is 1. The van der Waals surface area contributed by atoms with Gasteiger partial charge in [-0.2, -0.15) is 0 Å².